The Morgan fingerprint density at radius 3 is 1.50 bits per heavy atom. The summed E-state index contributed by atoms with van der Waals surface area (Å²) < 4.78 is 0. The minimum Gasteiger partial charge on any atom is -0.305 e. The van der Waals surface area contributed by atoms with E-state index in [9.17, 15) is 0 Å². The molecule has 2 rings (SSSR count). The van der Waals surface area contributed by atoms with Crippen molar-refractivity contribution in [2.45, 2.75) is 83.7 Å². The molecule has 0 aromatic rings. The lowest BCUT2D eigenvalue weighted by molar-refractivity contribution is 0.153. The molecule has 1 nitrogen and oxygen atoms in total. The third-order valence-electron chi connectivity index (χ3n) is 5.47. The third-order valence-corrected chi connectivity index (χ3v) is 5.47. The van der Waals surface area contributed by atoms with Crippen molar-refractivity contribution in [1.82, 2.24) is 5.32 Å². The number of rotatable bonds is 2. The van der Waals surface area contributed by atoms with Crippen LogP contribution in [0.15, 0.2) is 0 Å². The van der Waals surface area contributed by atoms with Gasteiger partial charge in [-0.15, -0.1) is 0 Å². The molecule has 1 N–H and O–H groups in total. The van der Waals surface area contributed by atoms with Gasteiger partial charge in [-0.2, -0.15) is 0 Å². The minimum absolute atomic E-state index is 0.463. The average Bonchev–Trinajstić information content (AvgIpc) is 2.58. The van der Waals surface area contributed by atoms with Crippen LogP contribution in [0, 0.1) is 11.8 Å². The Balaban J connectivity index is 2.24. The molecule has 2 heterocycles. The molecule has 0 spiro atoms. The first-order valence-electron chi connectivity index (χ1n) is 7.30. The summed E-state index contributed by atoms with van der Waals surface area (Å²) in [5.41, 5.74) is 0.926. The fourth-order valence-corrected chi connectivity index (χ4v) is 3.94. The van der Waals surface area contributed by atoms with Gasteiger partial charge in [0.25, 0.3) is 0 Å². The first-order valence-corrected chi connectivity index (χ1v) is 7.30. The van der Waals surface area contributed by atoms with Crippen molar-refractivity contribution in [2.24, 2.45) is 11.8 Å². The van der Waals surface area contributed by atoms with Crippen molar-refractivity contribution in [3.8, 4) is 0 Å². The zero-order valence-electron chi connectivity index (χ0n) is 11.6. The van der Waals surface area contributed by atoms with E-state index in [1.165, 1.54) is 44.9 Å². The summed E-state index contributed by atoms with van der Waals surface area (Å²) in [4.78, 5) is 0. The second kappa shape index (κ2) is 4.33. The van der Waals surface area contributed by atoms with Crippen LogP contribution < -0.4 is 5.32 Å². The van der Waals surface area contributed by atoms with E-state index in [0.29, 0.717) is 11.1 Å². The van der Waals surface area contributed by atoms with Gasteiger partial charge in [0.05, 0.1) is 0 Å². The predicted molar refractivity (Wildman–Crippen MR) is 70.6 cm³/mol. The molecule has 2 unspecified atom stereocenters. The van der Waals surface area contributed by atoms with Crippen LogP contribution in [0.2, 0.25) is 0 Å². The Morgan fingerprint density at radius 1 is 0.688 bits per heavy atom. The van der Waals surface area contributed by atoms with Gasteiger partial charge in [-0.25, -0.2) is 0 Å². The maximum absolute atomic E-state index is 4.12. The molecule has 0 radical (unpaired) electrons. The molecule has 2 bridgehead atoms. The first-order chi connectivity index (χ1) is 7.51. The summed E-state index contributed by atoms with van der Waals surface area (Å²) in [7, 11) is 0. The van der Waals surface area contributed by atoms with Crippen LogP contribution in [0.3, 0.4) is 0 Å². The Labute approximate surface area is 101 Å². The molecule has 2 aliphatic rings. The topological polar surface area (TPSA) is 12.0 Å². The average molecular weight is 223 g/mol. The molecular weight excluding hydrogens is 194 g/mol. The fourth-order valence-electron chi connectivity index (χ4n) is 3.94. The van der Waals surface area contributed by atoms with Crippen LogP contribution in [0.5, 0.6) is 0 Å². The zero-order chi connectivity index (χ0) is 11.8. The minimum atomic E-state index is 0.463. The van der Waals surface area contributed by atoms with Gasteiger partial charge in [0, 0.05) is 11.1 Å². The molecule has 2 atom stereocenters. The quantitative estimate of drug-likeness (QED) is 0.742. The fraction of sp³-hybridized carbons (Fsp3) is 1.00. The van der Waals surface area contributed by atoms with Crippen LogP contribution in [0.4, 0.5) is 0 Å². The van der Waals surface area contributed by atoms with Crippen LogP contribution in [0.25, 0.3) is 0 Å². The highest BCUT2D eigenvalue weighted by Crippen LogP contribution is 2.46. The SMILES string of the molecule is CC(C)C12CCCCCC(C(C)C)(CC1)N2. The van der Waals surface area contributed by atoms with Gasteiger partial charge >= 0.3 is 0 Å². The molecule has 2 aliphatic heterocycles. The Kier molecular flexibility index (Phi) is 3.36. The van der Waals surface area contributed by atoms with Crippen LogP contribution in [0.1, 0.15) is 72.6 Å². The molecule has 2 fully saturated rings. The second-order valence-electron chi connectivity index (χ2n) is 6.81. The molecule has 94 valence electrons. The molecule has 2 saturated heterocycles. The monoisotopic (exact) mass is 223 g/mol. The van der Waals surface area contributed by atoms with Crippen LogP contribution in [-0.4, -0.2) is 11.1 Å². The Bertz CT molecular complexity index is 222. The van der Waals surface area contributed by atoms with E-state index in [1.54, 1.807) is 0 Å². The van der Waals surface area contributed by atoms with Gasteiger partial charge in [0.15, 0.2) is 0 Å². The Hall–Kier alpha value is -0.0400. The van der Waals surface area contributed by atoms with E-state index in [4.69, 9.17) is 0 Å². The summed E-state index contributed by atoms with van der Waals surface area (Å²) in [6, 6.07) is 0. The van der Waals surface area contributed by atoms with E-state index < -0.39 is 0 Å². The van der Waals surface area contributed by atoms with E-state index >= 15 is 0 Å². The van der Waals surface area contributed by atoms with Crippen molar-refractivity contribution < 1.29 is 0 Å². The lowest BCUT2D eigenvalue weighted by Crippen LogP contribution is -2.56. The number of hydrogen-bond acceptors (Lipinski definition) is 1. The summed E-state index contributed by atoms with van der Waals surface area (Å²) in [6.45, 7) is 9.63. The molecule has 0 aliphatic carbocycles. The largest absolute Gasteiger partial charge is 0.305 e. The normalized spacial score (nSPS) is 40.1. The predicted octanol–water partition coefficient (Wildman–Crippen LogP) is 4.12. The summed E-state index contributed by atoms with van der Waals surface area (Å²) >= 11 is 0. The summed E-state index contributed by atoms with van der Waals surface area (Å²) in [6.07, 6.45) is 9.92. The second-order valence-corrected chi connectivity index (χ2v) is 6.81. The molecule has 0 saturated carbocycles. The van der Waals surface area contributed by atoms with Gasteiger partial charge in [-0.1, -0.05) is 47.0 Å². The molecule has 1 heteroatoms. The van der Waals surface area contributed by atoms with Gasteiger partial charge in [0.1, 0.15) is 0 Å². The molecule has 0 aromatic heterocycles. The van der Waals surface area contributed by atoms with E-state index in [-0.39, 0.29) is 0 Å². The van der Waals surface area contributed by atoms with Gasteiger partial charge in [-0.05, 0) is 37.5 Å². The summed E-state index contributed by atoms with van der Waals surface area (Å²) in [5, 5.41) is 4.12. The highest BCUT2D eigenvalue weighted by molar-refractivity contribution is 5.09. The summed E-state index contributed by atoms with van der Waals surface area (Å²) in [5.74, 6) is 1.57. The van der Waals surface area contributed by atoms with Crippen LogP contribution in [-0.2, 0) is 0 Å². The standard InChI is InChI=1S/C15H29N/c1-12(2)14-8-6-5-7-9-15(16-14,11-10-14)13(3)4/h12-13,16H,5-11H2,1-4H3. The number of hydrogen-bond donors (Lipinski definition) is 1. The van der Waals surface area contributed by atoms with Gasteiger partial charge in [0.2, 0.25) is 0 Å². The smallest absolute Gasteiger partial charge is 0.0210 e. The van der Waals surface area contributed by atoms with Crippen molar-refractivity contribution in [1.29, 1.82) is 0 Å². The first kappa shape index (κ1) is 12.4. The molecule has 16 heavy (non-hydrogen) atoms. The Morgan fingerprint density at radius 2 is 1.12 bits per heavy atom. The maximum Gasteiger partial charge on any atom is 0.0210 e. The highest BCUT2D eigenvalue weighted by atomic mass is 15.1. The van der Waals surface area contributed by atoms with Crippen molar-refractivity contribution in [3.05, 3.63) is 0 Å². The maximum atomic E-state index is 4.12. The molecular formula is C15H29N. The number of fused-ring (bicyclic) bond motifs is 2. The van der Waals surface area contributed by atoms with Gasteiger partial charge in [-0.3, -0.25) is 0 Å². The molecule has 0 amide bonds. The van der Waals surface area contributed by atoms with E-state index in [0.717, 1.165) is 11.8 Å². The lowest BCUT2D eigenvalue weighted by Gasteiger charge is -2.43. The lowest BCUT2D eigenvalue weighted by atomic mass is 9.79. The number of nitrogens with one attached hydrogen (secondary N) is 1. The molecule has 0 aromatic carbocycles. The highest BCUT2D eigenvalue weighted by Gasteiger charge is 2.50. The van der Waals surface area contributed by atoms with E-state index in [2.05, 4.69) is 33.0 Å². The van der Waals surface area contributed by atoms with Crippen molar-refractivity contribution >= 4 is 0 Å². The van der Waals surface area contributed by atoms with Crippen molar-refractivity contribution in [3.63, 3.8) is 0 Å². The van der Waals surface area contributed by atoms with Gasteiger partial charge < -0.3 is 5.32 Å². The van der Waals surface area contributed by atoms with Crippen molar-refractivity contribution in [2.75, 3.05) is 0 Å². The zero-order valence-corrected chi connectivity index (χ0v) is 11.6. The third kappa shape index (κ3) is 1.92. The van der Waals surface area contributed by atoms with Crippen LogP contribution >= 0.6 is 0 Å². The van der Waals surface area contributed by atoms with E-state index in [1.807, 2.05) is 0 Å².